The van der Waals surface area contributed by atoms with Gasteiger partial charge in [-0.1, -0.05) is 11.6 Å². The second kappa shape index (κ2) is 6.64. The number of thioether (sulfide) groups is 1. The highest BCUT2D eigenvalue weighted by atomic mass is 35.5. The molecule has 1 atom stereocenters. The number of nitrogens with two attached hydrogens (primary N) is 1. The van der Waals surface area contributed by atoms with Crippen LogP contribution in [0.2, 0.25) is 5.02 Å². The Morgan fingerprint density at radius 1 is 1.53 bits per heavy atom. The zero-order valence-electron chi connectivity index (χ0n) is 11.1. The maximum Gasteiger partial charge on any atom is 0.255 e. The van der Waals surface area contributed by atoms with Crippen molar-refractivity contribution in [3.63, 3.8) is 0 Å². The highest BCUT2D eigenvalue weighted by Crippen LogP contribution is 2.26. The van der Waals surface area contributed by atoms with Gasteiger partial charge in [0.1, 0.15) is 0 Å². The van der Waals surface area contributed by atoms with Gasteiger partial charge < -0.3 is 10.6 Å². The van der Waals surface area contributed by atoms with Crippen LogP contribution in [0.4, 0.5) is 0 Å². The molecule has 1 aromatic carbocycles. The van der Waals surface area contributed by atoms with Gasteiger partial charge in [-0.3, -0.25) is 4.79 Å². The van der Waals surface area contributed by atoms with Crippen molar-refractivity contribution in [3.05, 3.63) is 28.8 Å². The van der Waals surface area contributed by atoms with E-state index in [-0.39, 0.29) is 11.9 Å². The van der Waals surface area contributed by atoms with Crippen LogP contribution >= 0.6 is 23.4 Å². The SMILES string of the molecule is CSc1ccc(Cl)c(C(=O)N2CCCCC2CN)c1. The van der Waals surface area contributed by atoms with Gasteiger partial charge in [-0.15, -0.1) is 11.8 Å². The quantitative estimate of drug-likeness (QED) is 0.873. The summed E-state index contributed by atoms with van der Waals surface area (Å²) in [5.74, 6) is 0.0102. The Labute approximate surface area is 123 Å². The minimum Gasteiger partial charge on any atom is -0.334 e. The van der Waals surface area contributed by atoms with E-state index < -0.39 is 0 Å². The summed E-state index contributed by atoms with van der Waals surface area (Å²) in [7, 11) is 0. The van der Waals surface area contributed by atoms with Crippen LogP contribution in [-0.2, 0) is 0 Å². The molecule has 1 heterocycles. The van der Waals surface area contributed by atoms with E-state index in [0.717, 1.165) is 30.7 Å². The van der Waals surface area contributed by atoms with Gasteiger partial charge in [0.05, 0.1) is 10.6 Å². The molecule has 3 nitrogen and oxygen atoms in total. The van der Waals surface area contributed by atoms with Gasteiger partial charge in [-0.05, 0) is 43.7 Å². The second-order valence-corrected chi connectivity index (χ2v) is 6.02. The fourth-order valence-corrected chi connectivity index (χ4v) is 3.10. The molecule has 1 amide bonds. The minimum atomic E-state index is 0.0102. The average Bonchev–Trinajstić information content (AvgIpc) is 2.47. The molecule has 5 heteroatoms. The Balaban J connectivity index is 2.27. The summed E-state index contributed by atoms with van der Waals surface area (Å²) >= 11 is 7.78. The minimum absolute atomic E-state index is 0.0102. The smallest absolute Gasteiger partial charge is 0.255 e. The summed E-state index contributed by atoms with van der Waals surface area (Å²) in [6.07, 6.45) is 5.16. The standard InChI is InChI=1S/C14H19ClN2OS/c1-19-11-5-6-13(15)12(8-11)14(18)17-7-3-2-4-10(17)9-16/h5-6,8,10H,2-4,7,9,16H2,1H3. The lowest BCUT2D eigenvalue weighted by atomic mass is 10.0. The Morgan fingerprint density at radius 2 is 2.32 bits per heavy atom. The molecule has 1 aromatic rings. The topological polar surface area (TPSA) is 46.3 Å². The molecule has 19 heavy (non-hydrogen) atoms. The number of halogens is 1. The molecule has 104 valence electrons. The second-order valence-electron chi connectivity index (χ2n) is 4.73. The first-order chi connectivity index (χ1) is 9.17. The number of nitrogens with zero attached hydrogens (tertiary/aromatic N) is 1. The summed E-state index contributed by atoms with van der Waals surface area (Å²) in [5.41, 5.74) is 6.36. The predicted octanol–water partition coefficient (Wildman–Crippen LogP) is 3.02. The van der Waals surface area contributed by atoms with Crippen LogP contribution < -0.4 is 5.73 Å². The Kier molecular flexibility index (Phi) is 5.13. The van der Waals surface area contributed by atoms with Crippen molar-refractivity contribution in [1.29, 1.82) is 0 Å². The predicted molar refractivity (Wildman–Crippen MR) is 81.0 cm³/mol. The number of likely N-dealkylation sites (tertiary alicyclic amines) is 1. The van der Waals surface area contributed by atoms with E-state index in [9.17, 15) is 4.79 Å². The molecule has 1 saturated heterocycles. The maximum absolute atomic E-state index is 12.6. The highest BCUT2D eigenvalue weighted by Gasteiger charge is 2.27. The van der Waals surface area contributed by atoms with Crippen LogP contribution in [0.1, 0.15) is 29.6 Å². The van der Waals surface area contributed by atoms with Crippen molar-refractivity contribution >= 4 is 29.3 Å². The van der Waals surface area contributed by atoms with Gasteiger partial charge in [0.2, 0.25) is 0 Å². The van der Waals surface area contributed by atoms with Gasteiger partial charge >= 0.3 is 0 Å². The zero-order valence-corrected chi connectivity index (χ0v) is 12.6. The molecule has 0 radical (unpaired) electrons. The molecule has 1 aliphatic rings. The lowest BCUT2D eigenvalue weighted by Gasteiger charge is -2.35. The first-order valence-electron chi connectivity index (χ1n) is 6.52. The van der Waals surface area contributed by atoms with E-state index in [1.807, 2.05) is 23.3 Å². The number of carbonyl (C=O) groups is 1. The fourth-order valence-electron chi connectivity index (χ4n) is 2.46. The molecule has 0 saturated carbocycles. The molecule has 1 unspecified atom stereocenters. The number of hydrogen-bond acceptors (Lipinski definition) is 3. The number of hydrogen-bond donors (Lipinski definition) is 1. The third-order valence-corrected chi connectivity index (χ3v) is 4.62. The molecule has 0 aromatic heterocycles. The summed E-state index contributed by atoms with van der Waals surface area (Å²) < 4.78 is 0. The molecule has 0 aliphatic carbocycles. The fraction of sp³-hybridized carbons (Fsp3) is 0.500. The number of piperidine rings is 1. The summed E-state index contributed by atoms with van der Waals surface area (Å²) in [6.45, 7) is 1.30. The zero-order chi connectivity index (χ0) is 13.8. The largest absolute Gasteiger partial charge is 0.334 e. The van der Waals surface area contributed by atoms with Gasteiger partial charge in [0.15, 0.2) is 0 Å². The molecule has 2 rings (SSSR count). The van der Waals surface area contributed by atoms with Gasteiger partial charge in [-0.2, -0.15) is 0 Å². The van der Waals surface area contributed by atoms with Crippen LogP contribution in [-0.4, -0.2) is 36.2 Å². The summed E-state index contributed by atoms with van der Waals surface area (Å²) in [5, 5.41) is 0.518. The van der Waals surface area contributed by atoms with E-state index in [4.69, 9.17) is 17.3 Å². The van der Waals surface area contributed by atoms with Crippen LogP contribution in [0.3, 0.4) is 0 Å². The third-order valence-electron chi connectivity index (χ3n) is 3.56. The normalized spacial score (nSPS) is 19.5. The number of rotatable bonds is 3. The van der Waals surface area contributed by atoms with Crippen molar-refractivity contribution < 1.29 is 4.79 Å². The number of amides is 1. The van der Waals surface area contributed by atoms with Gasteiger partial charge in [-0.25, -0.2) is 0 Å². The highest BCUT2D eigenvalue weighted by molar-refractivity contribution is 7.98. The van der Waals surface area contributed by atoms with Crippen molar-refractivity contribution in [2.75, 3.05) is 19.3 Å². The first-order valence-corrected chi connectivity index (χ1v) is 8.12. The van der Waals surface area contributed by atoms with Crippen molar-refractivity contribution in [2.45, 2.75) is 30.2 Å². The first kappa shape index (κ1) is 14.7. The van der Waals surface area contributed by atoms with E-state index >= 15 is 0 Å². The van der Waals surface area contributed by atoms with E-state index in [0.29, 0.717) is 17.1 Å². The van der Waals surface area contributed by atoms with Crippen molar-refractivity contribution in [1.82, 2.24) is 4.90 Å². The lowest BCUT2D eigenvalue weighted by molar-refractivity contribution is 0.0623. The van der Waals surface area contributed by atoms with Crippen molar-refractivity contribution in [2.24, 2.45) is 5.73 Å². The maximum atomic E-state index is 12.6. The Morgan fingerprint density at radius 3 is 3.00 bits per heavy atom. The van der Waals surface area contributed by atoms with E-state index in [1.165, 1.54) is 0 Å². The van der Waals surface area contributed by atoms with Gasteiger partial charge in [0, 0.05) is 24.0 Å². The molecule has 0 bridgehead atoms. The van der Waals surface area contributed by atoms with E-state index in [2.05, 4.69) is 0 Å². The van der Waals surface area contributed by atoms with Crippen LogP contribution in [0.15, 0.2) is 23.1 Å². The third kappa shape index (κ3) is 3.25. The molecular formula is C14H19ClN2OS. The van der Waals surface area contributed by atoms with Crippen molar-refractivity contribution in [3.8, 4) is 0 Å². The Bertz CT molecular complexity index is 467. The van der Waals surface area contributed by atoms with Crippen LogP contribution in [0.5, 0.6) is 0 Å². The summed E-state index contributed by atoms with van der Waals surface area (Å²) in [6, 6.07) is 5.75. The van der Waals surface area contributed by atoms with Crippen LogP contribution in [0, 0.1) is 0 Å². The Hall–Kier alpha value is -0.710. The van der Waals surface area contributed by atoms with Crippen LogP contribution in [0.25, 0.3) is 0 Å². The average molecular weight is 299 g/mol. The van der Waals surface area contributed by atoms with Gasteiger partial charge in [0.25, 0.3) is 5.91 Å². The number of benzene rings is 1. The lowest BCUT2D eigenvalue weighted by Crippen LogP contribution is -2.47. The summed E-state index contributed by atoms with van der Waals surface area (Å²) in [4.78, 5) is 15.6. The molecule has 0 spiro atoms. The molecule has 1 fully saturated rings. The molecule has 2 N–H and O–H groups in total. The van der Waals surface area contributed by atoms with E-state index in [1.54, 1.807) is 17.8 Å². The molecule has 1 aliphatic heterocycles. The monoisotopic (exact) mass is 298 g/mol. The number of carbonyl (C=O) groups excluding carboxylic acids is 1. The molecular weight excluding hydrogens is 280 g/mol.